The fourth-order valence-corrected chi connectivity index (χ4v) is 4.65. The maximum Gasteiger partial charge on any atom is 0.436 e. The summed E-state index contributed by atoms with van der Waals surface area (Å²) >= 11 is 6.21. The van der Waals surface area contributed by atoms with Gasteiger partial charge in [-0.05, 0) is 70.2 Å². The molecule has 0 bridgehead atoms. The first kappa shape index (κ1) is 31.5. The van der Waals surface area contributed by atoms with Crippen molar-refractivity contribution in [2.24, 2.45) is 0 Å². The fraction of sp³-hybridized carbons (Fsp3) is 0.258. The minimum Gasteiger partial charge on any atom is -0.487 e. The molecule has 45 heavy (non-hydrogen) atoms. The normalized spacial score (nSPS) is 11.9. The van der Waals surface area contributed by atoms with Crippen LogP contribution in [0, 0.1) is 6.92 Å². The summed E-state index contributed by atoms with van der Waals surface area (Å²) in [6.45, 7) is 6.65. The highest BCUT2D eigenvalue weighted by atomic mass is 35.5. The Bertz CT molecular complexity index is 1890. The van der Waals surface area contributed by atoms with E-state index in [1.165, 1.54) is 59.6 Å². The van der Waals surface area contributed by atoms with E-state index in [4.69, 9.17) is 21.1 Å². The van der Waals surface area contributed by atoms with Crippen molar-refractivity contribution in [3.63, 3.8) is 0 Å². The lowest BCUT2D eigenvalue weighted by molar-refractivity contribution is -0.141. The van der Waals surface area contributed by atoms with E-state index < -0.39 is 41.0 Å². The van der Waals surface area contributed by atoms with E-state index in [2.05, 4.69) is 15.2 Å². The monoisotopic (exact) mass is 640 g/mol. The minimum absolute atomic E-state index is 0.0955. The molecule has 5 aromatic rings. The lowest BCUT2D eigenvalue weighted by Crippen LogP contribution is -2.26. The Morgan fingerprint density at radius 1 is 1.00 bits per heavy atom. The summed E-state index contributed by atoms with van der Waals surface area (Å²) in [5, 5.41) is 7.42. The molecule has 0 fully saturated rings. The SMILES string of the molecule is Cc1cc2ncc(N(C)C(=O)c3cccc(-n4nc(C(F)(F)F)c(Cl)c4COc4ccc(C(=O)OC(C)(C)C)cc4)c3)cn2n1. The molecule has 5 rings (SSSR count). The van der Waals surface area contributed by atoms with Crippen LogP contribution in [0.15, 0.2) is 67.0 Å². The molecule has 0 aliphatic carbocycles. The van der Waals surface area contributed by atoms with Gasteiger partial charge in [0.1, 0.15) is 23.7 Å². The highest BCUT2D eigenvalue weighted by Crippen LogP contribution is 2.37. The van der Waals surface area contributed by atoms with E-state index in [0.29, 0.717) is 11.3 Å². The average Bonchev–Trinajstić information content (AvgIpc) is 3.52. The van der Waals surface area contributed by atoms with E-state index >= 15 is 0 Å². The number of fused-ring (bicyclic) bond motifs is 1. The van der Waals surface area contributed by atoms with Gasteiger partial charge in [-0.15, -0.1) is 0 Å². The predicted octanol–water partition coefficient (Wildman–Crippen LogP) is 6.71. The number of halogens is 4. The summed E-state index contributed by atoms with van der Waals surface area (Å²) in [5.74, 6) is -0.708. The number of carbonyl (C=O) groups is 2. The van der Waals surface area contributed by atoms with Crippen LogP contribution in [0.1, 0.15) is 58.6 Å². The van der Waals surface area contributed by atoms with E-state index in [1.54, 1.807) is 44.6 Å². The molecule has 1 amide bonds. The quantitative estimate of drug-likeness (QED) is 0.182. The number of amides is 1. The molecule has 10 nitrogen and oxygen atoms in total. The number of hydrogen-bond donors (Lipinski definition) is 0. The molecule has 0 N–H and O–H groups in total. The fourth-order valence-electron chi connectivity index (χ4n) is 4.37. The lowest BCUT2D eigenvalue weighted by Gasteiger charge is -2.19. The number of aromatic nitrogens is 5. The lowest BCUT2D eigenvalue weighted by atomic mass is 10.1. The van der Waals surface area contributed by atoms with Gasteiger partial charge in [-0.25, -0.2) is 19.0 Å². The molecule has 0 spiro atoms. The van der Waals surface area contributed by atoms with E-state index in [-0.39, 0.29) is 28.3 Å². The Hall–Kier alpha value is -4.91. The third-order valence-electron chi connectivity index (χ3n) is 6.50. The summed E-state index contributed by atoms with van der Waals surface area (Å²) in [6, 6.07) is 13.7. The maximum absolute atomic E-state index is 13.9. The predicted molar refractivity (Wildman–Crippen MR) is 160 cm³/mol. The number of aryl methyl sites for hydroxylation is 1. The first-order chi connectivity index (χ1) is 21.1. The molecule has 2 aromatic carbocycles. The third kappa shape index (κ3) is 6.93. The molecule has 234 valence electrons. The third-order valence-corrected chi connectivity index (χ3v) is 6.90. The number of ether oxygens (including phenoxy) is 2. The molecular formula is C31H28ClF3N6O4. The molecule has 0 saturated carbocycles. The first-order valence-corrected chi connectivity index (χ1v) is 14.0. The molecule has 0 aliphatic heterocycles. The smallest absolute Gasteiger partial charge is 0.436 e. The number of hydrogen-bond acceptors (Lipinski definition) is 7. The van der Waals surface area contributed by atoms with Crippen LogP contribution >= 0.6 is 11.6 Å². The molecule has 0 saturated heterocycles. The number of carbonyl (C=O) groups excluding carboxylic acids is 2. The molecule has 14 heteroatoms. The van der Waals surface area contributed by atoms with Gasteiger partial charge in [-0.2, -0.15) is 23.4 Å². The molecule has 0 aliphatic rings. The Labute approximate surface area is 260 Å². The van der Waals surface area contributed by atoms with Crippen LogP contribution in [0.4, 0.5) is 18.9 Å². The Morgan fingerprint density at radius 2 is 1.71 bits per heavy atom. The molecule has 3 heterocycles. The molecule has 0 radical (unpaired) electrons. The van der Waals surface area contributed by atoms with Crippen LogP contribution in [0.25, 0.3) is 11.3 Å². The summed E-state index contributed by atoms with van der Waals surface area (Å²) in [6.07, 6.45) is -1.68. The van der Waals surface area contributed by atoms with Crippen LogP contribution in [0.5, 0.6) is 5.75 Å². The highest BCUT2D eigenvalue weighted by molar-refractivity contribution is 6.32. The van der Waals surface area contributed by atoms with Crippen molar-refractivity contribution in [3.8, 4) is 11.4 Å². The van der Waals surface area contributed by atoms with Crippen LogP contribution in [-0.4, -0.2) is 48.9 Å². The van der Waals surface area contributed by atoms with Crippen LogP contribution in [0.3, 0.4) is 0 Å². The van der Waals surface area contributed by atoms with Gasteiger partial charge < -0.3 is 14.4 Å². The van der Waals surface area contributed by atoms with Crippen LogP contribution < -0.4 is 9.64 Å². The largest absolute Gasteiger partial charge is 0.487 e. The van der Waals surface area contributed by atoms with Gasteiger partial charge in [-0.3, -0.25) is 4.79 Å². The van der Waals surface area contributed by atoms with Gasteiger partial charge in [0.25, 0.3) is 5.91 Å². The van der Waals surface area contributed by atoms with Crippen molar-refractivity contribution in [1.29, 1.82) is 0 Å². The van der Waals surface area contributed by atoms with Crippen molar-refractivity contribution < 1.29 is 32.2 Å². The van der Waals surface area contributed by atoms with Gasteiger partial charge in [0, 0.05) is 18.7 Å². The number of esters is 1. The van der Waals surface area contributed by atoms with Crippen molar-refractivity contribution in [2.75, 3.05) is 11.9 Å². The highest BCUT2D eigenvalue weighted by Gasteiger charge is 2.39. The van der Waals surface area contributed by atoms with Crippen molar-refractivity contribution in [2.45, 2.75) is 46.1 Å². The molecular weight excluding hydrogens is 613 g/mol. The number of benzene rings is 2. The van der Waals surface area contributed by atoms with Gasteiger partial charge in [0.2, 0.25) is 0 Å². The zero-order valence-electron chi connectivity index (χ0n) is 24.9. The zero-order valence-corrected chi connectivity index (χ0v) is 25.6. The summed E-state index contributed by atoms with van der Waals surface area (Å²) in [7, 11) is 1.55. The second-order valence-electron chi connectivity index (χ2n) is 11.1. The number of anilines is 1. The zero-order chi connectivity index (χ0) is 32.7. The molecule has 0 atom stereocenters. The van der Waals surface area contributed by atoms with Crippen molar-refractivity contribution in [3.05, 3.63) is 100 Å². The van der Waals surface area contributed by atoms with Crippen molar-refractivity contribution >= 4 is 34.8 Å². The van der Waals surface area contributed by atoms with Gasteiger partial charge >= 0.3 is 12.1 Å². The molecule has 3 aromatic heterocycles. The topological polar surface area (TPSA) is 104 Å². The van der Waals surface area contributed by atoms with E-state index in [1.807, 2.05) is 6.92 Å². The van der Waals surface area contributed by atoms with E-state index in [9.17, 15) is 22.8 Å². The van der Waals surface area contributed by atoms with Gasteiger partial charge in [0.05, 0.1) is 40.0 Å². The summed E-state index contributed by atoms with van der Waals surface area (Å²) < 4.78 is 55.2. The second kappa shape index (κ2) is 11.9. The van der Waals surface area contributed by atoms with Crippen LogP contribution in [0.2, 0.25) is 5.02 Å². The van der Waals surface area contributed by atoms with E-state index in [0.717, 1.165) is 10.4 Å². The first-order valence-electron chi connectivity index (χ1n) is 13.6. The maximum atomic E-state index is 13.9. The Morgan fingerprint density at radius 3 is 2.38 bits per heavy atom. The standard InChI is InChI=1S/C31H28ClF3N6O4/c1-18-13-25-36-15-22(16-40(25)37-18)39(5)28(42)20-7-6-8-21(14-20)41-24(26(32)27(38-41)31(33,34)35)17-44-23-11-9-19(10-12-23)29(43)45-30(2,3)4/h6-16H,17H2,1-5H3. The van der Waals surface area contributed by atoms with Crippen LogP contribution in [-0.2, 0) is 17.5 Å². The average molecular weight is 641 g/mol. The van der Waals surface area contributed by atoms with Crippen molar-refractivity contribution in [1.82, 2.24) is 24.4 Å². The number of nitrogens with zero attached hydrogens (tertiary/aromatic N) is 6. The minimum atomic E-state index is -4.85. The number of alkyl halides is 3. The number of rotatable bonds is 7. The Kier molecular flexibility index (Phi) is 8.32. The van der Waals surface area contributed by atoms with Gasteiger partial charge in [0.15, 0.2) is 11.3 Å². The van der Waals surface area contributed by atoms with Gasteiger partial charge in [-0.1, -0.05) is 17.7 Å². The summed E-state index contributed by atoms with van der Waals surface area (Å²) in [5.41, 5.74) is 0.362. The molecule has 0 unspecified atom stereocenters. The second-order valence-corrected chi connectivity index (χ2v) is 11.5. The Balaban J connectivity index is 1.42. The summed E-state index contributed by atoms with van der Waals surface area (Å²) in [4.78, 5) is 31.4.